The van der Waals surface area contributed by atoms with Crippen LogP contribution in [0.15, 0.2) is 65.0 Å². The van der Waals surface area contributed by atoms with Crippen LogP contribution in [0.1, 0.15) is 82.4 Å². The van der Waals surface area contributed by atoms with Gasteiger partial charge in [0, 0.05) is 23.4 Å². The van der Waals surface area contributed by atoms with E-state index in [1.807, 2.05) is 20.0 Å². The van der Waals surface area contributed by atoms with Crippen molar-refractivity contribution in [1.82, 2.24) is 4.98 Å². The molecule has 1 aromatic heterocycles. The summed E-state index contributed by atoms with van der Waals surface area (Å²) in [5.74, 6) is 1.34. The molecule has 2 heteroatoms. The van der Waals surface area contributed by atoms with Gasteiger partial charge in [0.1, 0.15) is 5.82 Å². The van der Waals surface area contributed by atoms with E-state index in [0.29, 0.717) is 11.3 Å². The maximum Gasteiger partial charge on any atom is 0.134 e. The highest BCUT2D eigenvalue weighted by atomic mass is 15.0. The number of rotatable bonds is 1. The Balaban J connectivity index is 0.000000994. The summed E-state index contributed by atoms with van der Waals surface area (Å²) in [6.07, 6.45) is 8.19. The fourth-order valence-electron chi connectivity index (χ4n) is 5.03. The van der Waals surface area contributed by atoms with Crippen LogP contribution < -0.4 is 5.32 Å². The molecule has 1 fully saturated rings. The Kier molecular flexibility index (Phi) is 5.38. The summed E-state index contributed by atoms with van der Waals surface area (Å²) < 4.78 is 0. The number of fused-ring (bicyclic) bond motifs is 1. The van der Waals surface area contributed by atoms with Crippen molar-refractivity contribution in [1.29, 1.82) is 0 Å². The highest BCUT2D eigenvalue weighted by Gasteiger charge is 2.40. The number of pyridine rings is 1. The summed E-state index contributed by atoms with van der Waals surface area (Å²) in [6.45, 7) is 11.0. The number of hydrogen-bond donors (Lipinski definition) is 1. The van der Waals surface area contributed by atoms with Gasteiger partial charge in [0.05, 0.1) is 0 Å². The van der Waals surface area contributed by atoms with Crippen LogP contribution in [-0.2, 0) is 0 Å². The second-order valence-corrected chi connectivity index (χ2v) is 9.26. The third-order valence-corrected chi connectivity index (χ3v) is 6.40. The largest absolute Gasteiger partial charge is 0.343 e. The number of allylic oxidation sites excluding steroid dienone is 4. The van der Waals surface area contributed by atoms with Gasteiger partial charge in [-0.1, -0.05) is 63.6 Å². The number of aromatic nitrogens is 1. The first-order chi connectivity index (χ1) is 14.0. The molecular formula is C27H34N2. The Bertz CT molecular complexity index is 957. The number of nitrogens with one attached hydrogen (secondary N) is 1. The molecule has 0 bridgehead atoms. The Labute approximate surface area is 176 Å². The van der Waals surface area contributed by atoms with Crippen molar-refractivity contribution in [2.45, 2.75) is 72.6 Å². The standard InChI is InChI=1S/C25H28N2.C2H6/c1-16-12-19-22(18-8-5-4-6-9-18)23-20(17-10-7-11-17)13-25(2,3)14-21(23)27-24(19)26-15-16;1-2/h4-6,8-9,12,15,22H,7,10-11,13-14H2,1-3H3,(H,26,27);1-2H3/t22-;/m1./s1. The zero-order valence-electron chi connectivity index (χ0n) is 18.6. The molecule has 1 atom stereocenters. The Morgan fingerprint density at radius 1 is 1.03 bits per heavy atom. The fourth-order valence-corrected chi connectivity index (χ4v) is 5.03. The van der Waals surface area contributed by atoms with E-state index >= 15 is 0 Å². The van der Waals surface area contributed by atoms with E-state index in [4.69, 9.17) is 4.98 Å². The molecule has 1 saturated carbocycles. The van der Waals surface area contributed by atoms with E-state index in [2.05, 4.69) is 62.5 Å². The van der Waals surface area contributed by atoms with Crippen LogP contribution in [0.25, 0.3) is 0 Å². The van der Waals surface area contributed by atoms with Crippen molar-refractivity contribution >= 4 is 5.82 Å². The lowest BCUT2D eigenvalue weighted by atomic mass is 9.64. The maximum absolute atomic E-state index is 4.78. The summed E-state index contributed by atoms with van der Waals surface area (Å²) in [5.41, 5.74) is 10.5. The van der Waals surface area contributed by atoms with Crippen molar-refractivity contribution in [3.63, 3.8) is 0 Å². The average Bonchev–Trinajstić information content (AvgIpc) is 2.67. The SMILES string of the molecule is CC.Cc1cnc2c(c1)[C@@H](c1ccccc1)C1=C(CC(C)(C)CC1=C1CCC1)N2. The molecule has 29 heavy (non-hydrogen) atoms. The van der Waals surface area contributed by atoms with Gasteiger partial charge < -0.3 is 5.32 Å². The molecule has 0 radical (unpaired) electrons. The number of benzene rings is 1. The maximum atomic E-state index is 4.78. The van der Waals surface area contributed by atoms with E-state index in [-0.39, 0.29) is 0 Å². The summed E-state index contributed by atoms with van der Waals surface area (Å²) in [4.78, 5) is 4.78. The predicted octanol–water partition coefficient (Wildman–Crippen LogP) is 7.53. The zero-order valence-corrected chi connectivity index (χ0v) is 18.6. The van der Waals surface area contributed by atoms with E-state index in [1.165, 1.54) is 48.1 Å². The van der Waals surface area contributed by atoms with Gasteiger partial charge in [-0.3, -0.25) is 0 Å². The monoisotopic (exact) mass is 386 g/mol. The minimum atomic E-state index is 0.295. The van der Waals surface area contributed by atoms with Crippen LogP contribution in [0, 0.1) is 12.3 Å². The molecule has 3 aliphatic rings. The molecule has 152 valence electrons. The summed E-state index contributed by atoms with van der Waals surface area (Å²) in [6, 6.07) is 13.4. The van der Waals surface area contributed by atoms with E-state index in [0.717, 1.165) is 12.2 Å². The quantitative estimate of drug-likeness (QED) is 0.548. The lowest BCUT2D eigenvalue weighted by Crippen LogP contribution is -2.31. The average molecular weight is 387 g/mol. The van der Waals surface area contributed by atoms with Crippen molar-refractivity contribution in [2.75, 3.05) is 5.32 Å². The van der Waals surface area contributed by atoms with Crippen LogP contribution in [0.5, 0.6) is 0 Å². The Hall–Kier alpha value is -2.35. The molecule has 0 spiro atoms. The molecule has 1 aromatic carbocycles. The van der Waals surface area contributed by atoms with Crippen LogP contribution in [0.2, 0.25) is 0 Å². The molecule has 2 nitrogen and oxygen atoms in total. The van der Waals surface area contributed by atoms with Gasteiger partial charge in [-0.25, -0.2) is 4.98 Å². The highest BCUT2D eigenvalue weighted by Crippen LogP contribution is 2.54. The number of nitrogens with zero attached hydrogens (tertiary/aromatic N) is 1. The molecule has 1 aliphatic heterocycles. The van der Waals surface area contributed by atoms with Gasteiger partial charge in [-0.15, -0.1) is 0 Å². The van der Waals surface area contributed by atoms with Crippen LogP contribution in [0.3, 0.4) is 0 Å². The molecule has 2 aliphatic carbocycles. The highest BCUT2D eigenvalue weighted by molar-refractivity contribution is 5.68. The second-order valence-electron chi connectivity index (χ2n) is 9.26. The second kappa shape index (κ2) is 7.82. The predicted molar refractivity (Wildman–Crippen MR) is 123 cm³/mol. The molecule has 0 unspecified atom stereocenters. The van der Waals surface area contributed by atoms with Gasteiger partial charge in [-0.2, -0.15) is 0 Å². The third-order valence-electron chi connectivity index (χ3n) is 6.40. The summed E-state index contributed by atoms with van der Waals surface area (Å²) in [5, 5.41) is 3.75. The molecule has 0 saturated heterocycles. The molecule has 1 N–H and O–H groups in total. The first-order valence-corrected chi connectivity index (χ1v) is 11.2. The van der Waals surface area contributed by atoms with E-state index in [1.54, 1.807) is 16.7 Å². The molecular weight excluding hydrogens is 352 g/mol. The first kappa shape index (κ1) is 19.9. The summed E-state index contributed by atoms with van der Waals surface area (Å²) >= 11 is 0. The van der Waals surface area contributed by atoms with Gasteiger partial charge in [-0.05, 0) is 72.8 Å². The smallest absolute Gasteiger partial charge is 0.134 e. The van der Waals surface area contributed by atoms with Crippen molar-refractivity contribution < 1.29 is 0 Å². The van der Waals surface area contributed by atoms with Crippen molar-refractivity contribution in [2.24, 2.45) is 5.41 Å². The van der Waals surface area contributed by atoms with Gasteiger partial charge in [0.15, 0.2) is 0 Å². The van der Waals surface area contributed by atoms with E-state index in [9.17, 15) is 0 Å². The first-order valence-electron chi connectivity index (χ1n) is 11.2. The van der Waals surface area contributed by atoms with Crippen LogP contribution >= 0.6 is 0 Å². The molecule has 2 aromatic rings. The van der Waals surface area contributed by atoms with E-state index < -0.39 is 0 Å². The lowest BCUT2D eigenvalue weighted by molar-refractivity contribution is 0.340. The summed E-state index contributed by atoms with van der Waals surface area (Å²) in [7, 11) is 0. The third kappa shape index (κ3) is 3.66. The number of hydrogen-bond acceptors (Lipinski definition) is 2. The molecule has 2 heterocycles. The Morgan fingerprint density at radius 3 is 2.41 bits per heavy atom. The van der Waals surface area contributed by atoms with Crippen LogP contribution in [-0.4, -0.2) is 4.98 Å². The van der Waals surface area contributed by atoms with Gasteiger partial charge >= 0.3 is 0 Å². The molecule has 0 amide bonds. The van der Waals surface area contributed by atoms with Crippen molar-refractivity contribution in [3.8, 4) is 0 Å². The topological polar surface area (TPSA) is 24.9 Å². The lowest BCUT2D eigenvalue weighted by Gasteiger charge is -2.43. The van der Waals surface area contributed by atoms with Crippen LogP contribution in [0.4, 0.5) is 5.82 Å². The minimum Gasteiger partial charge on any atom is -0.343 e. The minimum absolute atomic E-state index is 0.295. The number of anilines is 1. The number of aryl methyl sites for hydroxylation is 1. The van der Waals surface area contributed by atoms with Crippen molar-refractivity contribution in [3.05, 3.63) is 81.7 Å². The Morgan fingerprint density at radius 2 is 1.76 bits per heavy atom. The van der Waals surface area contributed by atoms with Gasteiger partial charge in [0.2, 0.25) is 0 Å². The normalized spacial score (nSPS) is 21.9. The zero-order chi connectivity index (χ0) is 20.6. The van der Waals surface area contributed by atoms with Gasteiger partial charge in [0.25, 0.3) is 0 Å². The molecule has 5 rings (SSSR count). The fraction of sp³-hybridized carbons (Fsp3) is 0.444.